The van der Waals surface area contributed by atoms with Crippen LogP contribution in [-0.2, 0) is 0 Å². The number of hydrogen-bond donors (Lipinski definition) is 2. The van der Waals surface area contributed by atoms with Crippen LogP contribution in [0.15, 0.2) is 89.7 Å². The largest absolute Gasteiger partial charge is 0.497 e. The molecule has 0 radical (unpaired) electrons. The van der Waals surface area contributed by atoms with Crippen molar-refractivity contribution in [1.82, 2.24) is 29.9 Å². The third kappa shape index (κ3) is 3.74. The lowest BCUT2D eigenvalue weighted by Crippen LogP contribution is -2.20. The van der Waals surface area contributed by atoms with Gasteiger partial charge in [-0.15, -0.1) is 0 Å². The van der Waals surface area contributed by atoms with E-state index in [1.54, 1.807) is 31.4 Å². The molecule has 35 heavy (non-hydrogen) atoms. The lowest BCUT2D eigenvalue weighted by molar-refractivity contribution is 0.414. The molecule has 6 rings (SSSR count). The predicted molar refractivity (Wildman–Crippen MR) is 134 cm³/mol. The quantitative estimate of drug-likeness (QED) is 0.390. The molecule has 3 aromatic heterocycles. The first-order valence-electron chi connectivity index (χ1n) is 10.9. The normalized spacial score (nSPS) is 11.1. The second-order valence-electron chi connectivity index (χ2n) is 7.83. The Labute approximate surface area is 199 Å². The molecule has 0 saturated carbocycles. The lowest BCUT2D eigenvalue weighted by atomic mass is 10.2. The molecular formula is C26H19N7O2. The molecule has 9 heteroatoms. The average molecular weight is 461 g/mol. The smallest absolute Gasteiger partial charge is 0.273 e. The number of H-pyrrole nitrogens is 1. The summed E-state index contributed by atoms with van der Waals surface area (Å²) in [6.07, 6.45) is 0. The van der Waals surface area contributed by atoms with Gasteiger partial charge < -0.3 is 10.1 Å². The number of nitrogens with one attached hydrogen (secondary N) is 2. The molecular weight excluding hydrogens is 442 g/mol. The van der Waals surface area contributed by atoms with Crippen LogP contribution < -0.4 is 15.6 Å². The minimum atomic E-state index is -0.281. The van der Waals surface area contributed by atoms with E-state index in [9.17, 15) is 4.79 Å². The molecule has 3 heterocycles. The number of fused-ring (bicyclic) bond motifs is 2. The van der Waals surface area contributed by atoms with Crippen molar-refractivity contribution >= 4 is 33.6 Å². The Morgan fingerprint density at radius 2 is 1.66 bits per heavy atom. The third-order valence-electron chi connectivity index (χ3n) is 5.63. The summed E-state index contributed by atoms with van der Waals surface area (Å²) < 4.78 is 6.54. The van der Waals surface area contributed by atoms with Crippen molar-refractivity contribution in [1.29, 1.82) is 0 Å². The first-order valence-corrected chi connectivity index (χ1v) is 10.9. The predicted octanol–water partition coefficient (Wildman–Crippen LogP) is 4.47. The summed E-state index contributed by atoms with van der Waals surface area (Å²) in [6, 6.07) is 26.1. The van der Waals surface area contributed by atoms with Crippen LogP contribution in [0, 0.1) is 0 Å². The first kappa shape index (κ1) is 20.5. The van der Waals surface area contributed by atoms with E-state index >= 15 is 0 Å². The molecule has 0 spiro atoms. The number of nitrogens with zero attached hydrogens (tertiary/aromatic N) is 5. The molecule has 0 aliphatic heterocycles. The third-order valence-corrected chi connectivity index (χ3v) is 5.63. The number of aromatic nitrogens is 6. The number of rotatable bonds is 5. The molecule has 0 bridgehead atoms. The molecule has 2 N–H and O–H groups in total. The number of anilines is 2. The number of ether oxygens (including phenoxy) is 1. The number of para-hydroxylation sites is 1. The summed E-state index contributed by atoms with van der Waals surface area (Å²) in [6.45, 7) is 0. The second-order valence-corrected chi connectivity index (χ2v) is 7.83. The van der Waals surface area contributed by atoms with Crippen molar-refractivity contribution in [2.45, 2.75) is 0 Å². The molecule has 0 aliphatic rings. The van der Waals surface area contributed by atoms with Gasteiger partial charge in [0.1, 0.15) is 11.6 Å². The highest BCUT2D eigenvalue weighted by Gasteiger charge is 2.15. The van der Waals surface area contributed by atoms with Gasteiger partial charge in [-0.3, -0.25) is 9.89 Å². The molecule has 9 nitrogen and oxygen atoms in total. The Morgan fingerprint density at radius 1 is 0.886 bits per heavy atom. The van der Waals surface area contributed by atoms with Crippen LogP contribution in [0.5, 0.6) is 5.75 Å². The van der Waals surface area contributed by atoms with Gasteiger partial charge >= 0.3 is 0 Å². The van der Waals surface area contributed by atoms with E-state index in [-0.39, 0.29) is 5.56 Å². The number of benzene rings is 3. The van der Waals surface area contributed by atoms with Crippen molar-refractivity contribution in [2.75, 3.05) is 12.4 Å². The fraction of sp³-hybridized carbons (Fsp3) is 0.0385. The Morgan fingerprint density at radius 3 is 2.46 bits per heavy atom. The summed E-state index contributed by atoms with van der Waals surface area (Å²) in [5.41, 5.74) is 3.06. The molecule has 0 fully saturated rings. The van der Waals surface area contributed by atoms with Gasteiger partial charge in [-0.1, -0.05) is 42.5 Å². The first-order chi connectivity index (χ1) is 17.2. The van der Waals surface area contributed by atoms with E-state index in [0.717, 1.165) is 16.5 Å². The zero-order valence-electron chi connectivity index (χ0n) is 18.6. The summed E-state index contributed by atoms with van der Waals surface area (Å²) in [5.74, 6) is 2.32. The number of methoxy groups -OCH3 is 1. The summed E-state index contributed by atoms with van der Waals surface area (Å²) in [4.78, 5) is 22.2. The van der Waals surface area contributed by atoms with Gasteiger partial charge in [0.15, 0.2) is 17.2 Å². The number of aromatic amines is 1. The van der Waals surface area contributed by atoms with E-state index in [2.05, 4.69) is 20.6 Å². The fourth-order valence-electron chi connectivity index (χ4n) is 3.88. The van der Waals surface area contributed by atoms with E-state index < -0.39 is 0 Å². The van der Waals surface area contributed by atoms with Crippen LogP contribution in [-0.4, -0.2) is 37.1 Å². The zero-order chi connectivity index (χ0) is 23.8. The standard InChI is InChI=1S/C26H19N7O2/c1-35-18-13-11-17(12-14-18)33-22(34)15-21-23(32-33)26(31-30-21)29-25-19-9-5-6-10-20(19)27-24(28-25)16-7-3-2-4-8-16/h2-15,30H,1H3,(H,27,28,29,31). The molecule has 0 amide bonds. The maximum absolute atomic E-state index is 12.7. The van der Waals surface area contributed by atoms with E-state index in [1.165, 1.54) is 10.7 Å². The van der Waals surface area contributed by atoms with Crippen LogP contribution in [0.4, 0.5) is 11.6 Å². The van der Waals surface area contributed by atoms with Crippen molar-refractivity contribution in [2.24, 2.45) is 0 Å². The average Bonchev–Trinajstić information content (AvgIpc) is 3.29. The van der Waals surface area contributed by atoms with Crippen LogP contribution >= 0.6 is 0 Å². The molecule has 0 saturated heterocycles. The molecule has 0 unspecified atom stereocenters. The topological polar surface area (TPSA) is 111 Å². The summed E-state index contributed by atoms with van der Waals surface area (Å²) in [7, 11) is 1.59. The van der Waals surface area contributed by atoms with Crippen molar-refractivity contribution in [3.63, 3.8) is 0 Å². The minimum Gasteiger partial charge on any atom is -0.497 e. The van der Waals surface area contributed by atoms with Gasteiger partial charge in [0.2, 0.25) is 0 Å². The van der Waals surface area contributed by atoms with Gasteiger partial charge in [0.25, 0.3) is 5.56 Å². The Balaban J connectivity index is 1.47. The number of hydrogen-bond acceptors (Lipinski definition) is 7. The molecule has 0 aliphatic carbocycles. The minimum absolute atomic E-state index is 0.281. The maximum Gasteiger partial charge on any atom is 0.273 e. The highest BCUT2D eigenvalue weighted by Crippen LogP contribution is 2.28. The van der Waals surface area contributed by atoms with Gasteiger partial charge in [-0.2, -0.15) is 14.9 Å². The van der Waals surface area contributed by atoms with Gasteiger partial charge in [-0.25, -0.2) is 9.97 Å². The fourth-order valence-corrected chi connectivity index (χ4v) is 3.88. The van der Waals surface area contributed by atoms with Crippen LogP contribution in [0.1, 0.15) is 0 Å². The van der Waals surface area contributed by atoms with Gasteiger partial charge in [-0.05, 0) is 36.4 Å². The molecule has 0 atom stereocenters. The van der Waals surface area contributed by atoms with E-state index in [0.29, 0.717) is 39.9 Å². The van der Waals surface area contributed by atoms with Crippen LogP contribution in [0.3, 0.4) is 0 Å². The highest BCUT2D eigenvalue weighted by molar-refractivity contribution is 5.95. The van der Waals surface area contributed by atoms with Crippen molar-refractivity contribution in [3.8, 4) is 22.8 Å². The second kappa shape index (κ2) is 8.38. The lowest BCUT2D eigenvalue weighted by Gasteiger charge is -2.10. The van der Waals surface area contributed by atoms with Crippen molar-refractivity contribution < 1.29 is 4.74 Å². The molecule has 3 aromatic carbocycles. The highest BCUT2D eigenvalue weighted by atomic mass is 16.5. The molecule has 6 aromatic rings. The Kier molecular flexibility index (Phi) is 4.92. The molecule has 170 valence electrons. The van der Waals surface area contributed by atoms with E-state index in [4.69, 9.17) is 14.7 Å². The monoisotopic (exact) mass is 461 g/mol. The van der Waals surface area contributed by atoms with Crippen LogP contribution in [0.2, 0.25) is 0 Å². The van der Waals surface area contributed by atoms with Crippen LogP contribution in [0.25, 0.3) is 39.0 Å². The summed E-state index contributed by atoms with van der Waals surface area (Å²) in [5, 5.41) is 16.0. The van der Waals surface area contributed by atoms with Crippen molar-refractivity contribution in [3.05, 3.63) is 95.3 Å². The Bertz CT molecular complexity index is 1730. The Hall–Kier alpha value is -5.05. The zero-order valence-corrected chi connectivity index (χ0v) is 18.6. The maximum atomic E-state index is 12.7. The van der Waals surface area contributed by atoms with E-state index in [1.807, 2.05) is 54.6 Å². The van der Waals surface area contributed by atoms with Gasteiger partial charge in [0, 0.05) is 17.0 Å². The van der Waals surface area contributed by atoms with Gasteiger partial charge in [0.05, 0.1) is 23.8 Å². The SMILES string of the molecule is COc1ccc(-n2nc3c(Nc4nc(-c5ccccc5)nc5ccccc45)n[nH]c3cc2=O)cc1. The summed E-state index contributed by atoms with van der Waals surface area (Å²) >= 11 is 0.